The number of nitrogens with one attached hydrogen (secondary N) is 2. The zero-order chi connectivity index (χ0) is 33.6. The number of carbonyl (C=O) groups is 3. The first-order valence-electron chi connectivity index (χ1n) is 13.7. The number of carbonyl (C=O) groups excluding carboxylic acids is 3. The predicted octanol–water partition coefficient (Wildman–Crippen LogP) is 4.78. The Bertz CT molecular complexity index is 1630. The summed E-state index contributed by atoms with van der Waals surface area (Å²) in [5, 5.41) is 4.76. The number of hydrogen-bond acceptors (Lipinski definition) is 10. The number of hydrogen-bond donors (Lipinski definition) is 2. The highest BCUT2D eigenvalue weighted by Gasteiger charge is 2.33. The summed E-state index contributed by atoms with van der Waals surface area (Å²) in [6, 6.07) is 9.93. The lowest BCUT2D eigenvalue weighted by Crippen LogP contribution is -2.39. The van der Waals surface area contributed by atoms with Gasteiger partial charge in [-0.3, -0.25) is 9.10 Å². The maximum Gasteiger partial charge on any atom is 0.408 e. The first kappa shape index (κ1) is 35.2. The number of ether oxygens (including phenoxy) is 3. The van der Waals surface area contributed by atoms with Crippen molar-refractivity contribution in [3.63, 3.8) is 0 Å². The summed E-state index contributed by atoms with van der Waals surface area (Å²) in [7, 11) is -2.96. The van der Waals surface area contributed by atoms with Crippen LogP contribution >= 0.6 is 11.3 Å². The molecule has 0 aliphatic rings. The van der Waals surface area contributed by atoms with Crippen LogP contribution in [0.2, 0.25) is 0 Å². The molecule has 2 aromatic carbocycles. The monoisotopic (exact) mass is 664 g/mol. The minimum Gasteiger partial charge on any atom is -0.497 e. The molecule has 15 heteroatoms. The molecule has 45 heavy (non-hydrogen) atoms. The van der Waals surface area contributed by atoms with E-state index in [1.165, 1.54) is 24.8 Å². The molecular weight excluding hydrogens is 627 g/mol. The van der Waals surface area contributed by atoms with Gasteiger partial charge in [-0.25, -0.2) is 27.4 Å². The van der Waals surface area contributed by atoms with E-state index in [1.54, 1.807) is 65.8 Å². The fraction of sp³-hybridized carbons (Fsp3) is 0.400. The van der Waals surface area contributed by atoms with Gasteiger partial charge in [-0.2, -0.15) is 0 Å². The molecule has 0 atom stereocenters. The van der Waals surface area contributed by atoms with Crippen molar-refractivity contribution in [2.45, 2.75) is 70.7 Å². The van der Waals surface area contributed by atoms with Gasteiger partial charge in [0.15, 0.2) is 5.69 Å². The third kappa shape index (κ3) is 10.1. The highest BCUT2D eigenvalue weighted by Crippen LogP contribution is 2.34. The van der Waals surface area contributed by atoms with E-state index in [0.717, 1.165) is 21.7 Å². The van der Waals surface area contributed by atoms with E-state index in [4.69, 9.17) is 14.2 Å². The molecule has 0 spiro atoms. The Balaban J connectivity index is 1.87. The number of sulfonamides is 1. The van der Waals surface area contributed by atoms with Gasteiger partial charge in [-0.15, -0.1) is 11.3 Å². The van der Waals surface area contributed by atoms with Crippen molar-refractivity contribution < 1.29 is 41.4 Å². The van der Waals surface area contributed by atoms with Gasteiger partial charge < -0.3 is 24.8 Å². The van der Waals surface area contributed by atoms with E-state index < -0.39 is 56.5 Å². The molecule has 1 heterocycles. The number of aromatic nitrogens is 1. The quantitative estimate of drug-likeness (QED) is 0.276. The third-order valence-corrected chi connectivity index (χ3v) is 8.44. The molecule has 3 rings (SSSR count). The first-order valence-corrected chi connectivity index (χ1v) is 16.1. The van der Waals surface area contributed by atoms with Gasteiger partial charge in [-0.05, 0) is 71.4 Å². The van der Waals surface area contributed by atoms with Gasteiger partial charge in [0.25, 0.3) is 10.0 Å². The molecule has 0 radical (unpaired) electrons. The second-order valence-corrected chi connectivity index (χ2v) is 14.4. The minimum absolute atomic E-state index is 0.00527. The van der Waals surface area contributed by atoms with E-state index in [2.05, 4.69) is 15.6 Å². The Labute approximate surface area is 265 Å². The number of nitrogens with zero attached hydrogens (tertiary/aromatic N) is 2. The van der Waals surface area contributed by atoms with Crippen LogP contribution in [0.25, 0.3) is 0 Å². The van der Waals surface area contributed by atoms with Gasteiger partial charge in [0.05, 0.1) is 24.1 Å². The van der Waals surface area contributed by atoms with E-state index in [1.807, 2.05) is 0 Å². The lowest BCUT2D eigenvalue weighted by atomic mass is 10.2. The summed E-state index contributed by atoms with van der Waals surface area (Å²) < 4.78 is 60.0. The second kappa shape index (κ2) is 14.2. The van der Waals surface area contributed by atoms with Gasteiger partial charge in [-0.1, -0.05) is 18.2 Å². The molecule has 0 aliphatic carbocycles. The lowest BCUT2D eigenvalue weighted by Gasteiger charge is -2.25. The molecule has 12 nitrogen and oxygen atoms in total. The topological polar surface area (TPSA) is 153 Å². The molecule has 2 N–H and O–H groups in total. The molecule has 0 fully saturated rings. The van der Waals surface area contributed by atoms with Crippen LogP contribution in [0.5, 0.6) is 5.75 Å². The number of halogens is 1. The average molecular weight is 665 g/mol. The summed E-state index contributed by atoms with van der Waals surface area (Å²) in [5.74, 6) is -1.75. The molecule has 1 aromatic heterocycles. The molecule has 0 unspecified atom stereocenters. The average Bonchev–Trinajstić information content (AvgIpc) is 3.42. The summed E-state index contributed by atoms with van der Waals surface area (Å²) in [4.78, 5) is 40.6. The van der Waals surface area contributed by atoms with Gasteiger partial charge >= 0.3 is 12.1 Å². The van der Waals surface area contributed by atoms with Crippen LogP contribution in [0.3, 0.4) is 0 Å². The third-order valence-electron chi connectivity index (χ3n) is 5.73. The standard InChI is InChI=1S/C30H37FN4O8S2/c1-29(2,3)42-27(37)25-26(44-18-34-25)35(17-19-8-11-21(41-7)12-9-19)45(39,40)22-13-10-20(23(31)14-22)15-32-24(36)16-33-28(38)43-30(4,5)6/h8-14,18H,15-17H2,1-7H3,(H,32,36)(H,33,38). The number of benzene rings is 2. The number of rotatable bonds is 11. The van der Waals surface area contributed by atoms with Crippen LogP contribution in [-0.2, 0) is 37.4 Å². The summed E-state index contributed by atoms with van der Waals surface area (Å²) in [5.41, 5.74) is 0.0864. The van der Waals surface area contributed by atoms with Crippen LogP contribution in [0.15, 0.2) is 52.9 Å². The second-order valence-electron chi connectivity index (χ2n) is 11.8. The number of amides is 2. The zero-order valence-electron chi connectivity index (χ0n) is 26.1. The fourth-order valence-electron chi connectivity index (χ4n) is 3.73. The normalized spacial score (nSPS) is 11.8. The lowest BCUT2D eigenvalue weighted by molar-refractivity contribution is -0.120. The molecular formula is C30H37FN4O8S2. The highest BCUT2D eigenvalue weighted by atomic mass is 32.2. The maximum atomic E-state index is 15.2. The molecule has 0 saturated heterocycles. The van der Waals surface area contributed by atoms with Gasteiger partial charge in [0, 0.05) is 12.1 Å². The van der Waals surface area contributed by atoms with Crippen molar-refractivity contribution in [2.24, 2.45) is 0 Å². The Morgan fingerprint density at radius 2 is 1.60 bits per heavy atom. The van der Waals surface area contributed by atoms with E-state index >= 15 is 4.39 Å². The number of anilines is 1. The largest absolute Gasteiger partial charge is 0.497 e. The van der Waals surface area contributed by atoms with Gasteiger partial charge in [0.1, 0.15) is 34.3 Å². The number of esters is 1. The Kier molecular flexibility index (Phi) is 11.2. The molecule has 0 bridgehead atoms. The smallest absolute Gasteiger partial charge is 0.408 e. The number of thiazole rings is 1. The van der Waals surface area contributed by atoms with Crippen molar-refractivity contribution in [1.29, 1.82) is 0 Å². The molecule has 0 saturated carbocycles. The molecule has 0 aliphatic heterocycles. The van der Waals surface area contributed by atoms with Crippen molar-refractivity contribution in [1.82, 2.24) is 15.6 Å². The van der Waals surface area contributed by atoms with Crippen molar-refractivity contribution in [3.05, 3.63) is 70.6 Å². The van der Waals surface area contributed by atoms with Gasteiger partial charge in [0.2, 0.25) is 5.91 Å². The SMILES string of the molecule is COc1ccc(CN(c2scnc2C(=O)OC(C)(C)C)S(=O)(=O)c2ccc(CNC(=O)CNC(=O)OC(C)(C)C)c(F)c2)cc1. The molecule has 2 amide bonds. The van der Waals surface area contributed by atoms with Crippen molar-refractivity contribution in [2.75, 3.05) is 18.0 Å². The van der Waals surface area contributed by atoms with Crippen LogP contribution in [0, 0.1) is 5.82 Å². The predicted molar refractivity (Wildman–Crippen MR) is 166 cm³/mol. The maximum absolute atomic E-state index is 15.2. The molecule has 3 aromatic rings. The highest BCUT2D eigenvalue weighted by molar-refractivity contribution is 7.93. The van der Waals surface area contributed by atoms with Crippen molar-refractivity contribution >= 4 is 44.3 Å². The first-order chi connectivity index (χ1) is 20.9. The number of methoxy groups -OCH3 is 1. The van der Waals surface area contributed by atoms with Crippen LogP contribution < -0.4 is 19.7 Å². The Morgan fingerprint density at radius 3 is 2.18 bits per heavy atom. The van der Waals surface area contributed by atoms with Crippen LogP contribution in [-0.4, -0.2) is 56.2 Å². The Morgan fingerprint density at radius 1 is 0.956 bits per heavy atom. The van der Waals surface area contributed by atoms with Crippen LogP contribution in [0.4, 0.5) is 14.2 Å². The van der Waals surface area contributed by atoms with E-state index in [9.17, 15) is 22.8 Å². The van der Waals surface area contributed by atoms with E-state index in [0.29, 0.717) is 11.3 Å². The summed E-state index contributed by atoms with van der Waals surface area (Å²) in [6.45, 7) is 9.16. The Hall–Kier alpha value is -4.24. The fourth-order valence-corrected chi connectivity index (χ4v) is 6.21. The summed E-state index contributed by atoms with van der Waals surface area (Å²) in [6.07, 6.45) is -0.784. The minimum atomic E-state index is -4.47. The zero-order valence-corrected chi connectivity index (χ0v) is 27.7. The molecule has 244 valence electrons. The van der Waals surface area contributed by atoms with E-state index in [-0.39, 0.29) is 29.3 Å². The summed E-state index contributed by atoms with van der Waals surface area (Å²) >= 11 is 0.919. The van der Waals surface area contributed by atoms with Crippen molar-refractivity contribution in [3.8, 4) is 5.75 Å². The van der Waals surface area contributed by atoms with Crippen LogP contribution in [0.1, 0.15) is 63.2 Å². The number of alkyl carbamates (subject to hydrolysis) is 1.